The monoisotopic (exact) mass is 280 g/mol. The van der Waals surface area contributed by atoms with Gasteiger partial charge in [0, 0.05) is 6.54 Å². The van der Waals surface area contributed by atoms with Crippen LogP contribution in [0.15, 0.2) is 16.5 Å². The van der Waals surface area contributed by atoms with Crippen LogP contribution >= 0.6 is 11.6 Å². The van der Waals surface area contributed by atoms with Crippen molar-refractivity contribution >= 4 is 17.6 Å². The summed E-state index contributed by atoms with van der Waals surface area (Å²) in [7, 11) is 0. The normalized spacial score (nSPS) is 18.3. The molecule has 0 radical (unpaired) electrons. The molecule has 0 fully saturated rings. The lowest BCUT2D eigenvalue weighted by Gasteiger charge is -2.22. The molecule has 6 heteroatoms. The molecule has 1 aliphatic heterocycles. The SMILES string of the molecule is Cc1ccc(-c2nc(Cl)c3n2CCCC3C(=O)O)o1. The second-order valence-corrected chi connectivity index (χ2v) is 5.06. The predicted octanol–water partition coefficient (Wildman–Crippen LogP) is 3.07. The fourth-order valence-electron chi connectivity index (χ4n) is 2.57. The summed E-state index contributed by atoms with van der Waals surface area (Å²) in [6, 6.07) is 3.67. The average molecular weight is 281 g/mol. The third-order valence-electron chi connectivity index (χ3n) is 3.43. The Morgan fingerprint density at radius 3 is 3.00 bits per heavy atom. The van der Waals surface area contributed by atoms with Crippen LogP contribution in [0.1, 0.15) is 30.2 Å². The number of rotatable bonds is 2. The first-order valence-electron chi connectivity index (χ1n) is 6.13. The summed E-state index contributed by atoms with van der Waals surface area (Å²) < 4.78 is 7.42. The number of aliphatic carboxylic acids is 1. The van der Waals surface area contributed by atoms with Gasteiger partial charge in [0.25, 0.3) is 0 Å². The van der Waals surface area contributed by atoms with Gasteiger partial charge >= 0.3 is 5.97 Å². The molecule has 100 valence electrons. The van der Waals surface area contributed by atoms with Gasteiger partial charge in [-0.2, -0.15) is 0 Å². The first-order chi connectivity index (χ1) is 9.08. The maximum atomic E-state index is 11.3. The number of nitrogens with zero attached hydrogens (tertiary/aromatic N) is 2. The number of carboxylic acids is 1. The molecule has 0 spiro atoms. The fraction of sp³-hybridized carbons (Fsp3) is 0.385. The number of hydrogen-bond acceptors (Lipinski definition) is 3. The molecular formula is C13H13ClN2O3. The highest BCUT2D eigenvalue weighted by molar-refractivity contribution is 6.30. The Bertz CT molecular complexity index is 644. The van der Waals surface area contributed by atoms with Gasteiger partial charge in [-0.1, -0.05) is 11.6 Å². The van der Waals surface area contributed by atoms with Gasteiger partial charge in [-0.05, 0) is 31.9 Å². The predicted molar refractivity (Wildman–Crippen MR) is 69.3 cm³/mol. The standard InChI is InChI=1S/C13H13ClN2O3/c1-7-4-5-9(19-7)12-15-11(14)10-8(13(17)18)3-2-6-16(10)12/h4-5,8H,2-3,6H2,1H3,(H,17,18). The number of aryl methyl sites for hydroxylation is 1. The second-order valence-electron chi connectivity index (χ2n) is 4.71. The van der Waals surface area contributed by atoms with Crippen LogP contribution in [-0.4, -0.2) is 20.6 Å². The molecule has 19 heavy (non-hydrogen) atoms. The van der Waals surface area contributed by atoms with Crippen molar-refractivity contribution in [2.24, 2.45) is 0 Å². The lowest BCUT2D eigenvalue weighted by atomic mass is 9.96. The Labute approximate surface area is 114 Å². The molecule has 2 aromatic rings. The maximum Gasteiger partial charge on any atom is 0.312 e. The van der Waals surface area contributed by atoms with E-state index in [9.17, 15) is 9.90 Å². The van der Waals surface area contributed by atoms with E-state index in [1.54, 1.807) is 0 Å². The lowest BCUT2D eigenvalue weighted by Crippen LogP contribution is -2.22. The van der Waals surface area contributed by atoms with Crippen molar-refractivity contribution in [2.45, 2.75) is 32.2 Å². The first-order valence-corrected chi connectivity index (χ1v) is 6.51. The Morgan fingerprint density at radius 1 is 1.58 bits per heavy atom. The van der Waals surface area contributed by atoms with E-state index in [1.807, 2.05) is 23.6 Å². The molecule has 1 aliphatic rings. The van der Waals surface area contributed by atoms with Crippen LogP contribution in [0.2, 0.25) is 5.15 Å². The van der Waals surface area contributed by atoms with Gasteiger partial charge in [0.2, 0.25) is 0 Å². The molecule has 1 atom stereocenters. The topological polar surface area (TPSA) is 68.3 Å². The van der Waals surface area contributed by atoms with Crippen LogP contribution in [0.5, 0.6) is 0 Å². The van der Waals surface area contributed by atoms with Crippen LogP contribution in [0.3, 0.4) is 0 Å². The third kappa shape index (κ3) is 1.94. The fourth-order valence-corrected chi connectivity index (χ4v) is 2.88. The lowest BCUT2D eigenvalue weighted by molar-refractivity contribution is -0.139. The van der Waals surface area contributed by atoms with Crippen LogP contribution in [-0.2, 0) is 11.3 Å². The van der Waals surface area contributed by atoms with E-state index in [0.717, 1.165) is 12.2 Å². The van der Waals surface area contributed by atoms with Crippen molar-refractivity contribution in [3.05, 3.63) is 28.7 Å². The summed E-state index contributed by atoms with van der Waals surface area (Å²) in [6.45, 7) is 2.57. The molecule has 1 unspecified atom stereocenters. The number of aromatic nitrogens is 2. The summed E-state index contributed by atoms with van der Waals surface area (Å²) >= 11 is 6.12. The number of fused-ring (bicyclic) bond motifs is 1. The molecule has 0 amide bonds. The van der Waals surface area contributed by atoms with Gasteiger partial charge in [-0.15, -0.1) is 0 Å². The molecular weight excluding hydrogens is 268 g/mol. The van der Waals surface area contributed by atoms with Gasteiger partial charge in [-0.25, -0.2) is 4.98 Å². The van der Waals surface area contributed by atoms with Crippen molar-refractivity contribution in [3.63, 3.8) is 0 Å². The highest BCUT2D eigenvalue weighted by Gasteiger charge is 2.32. The minimum atomic E-state index is -0.857. The summed E-state index contributed by atoms with van der Waals surface area (Å²) in [5.41, 5.74) is 0.587. The van der Waals surface area contributed by atoms with E-state index in [-0.39, 0.29) is 5.15 Å². The number of halogens is 1. The molecule has 0 aromatic carbocycles. The molecule has 0 bridgehead atoms. The summed E-state index contributed by atoms with van der Waals surface area (Å²) in [4.78, 5) is 15.6. The zero-order chi connectivity index (χ0) is 13.6. The second kappa shape index (κ2) is 4.42. The molecule has 5 nitrogen and oxygen atoms in total. The Kier molecular flexibility index (Phi) is 2.86. The average Bonchev–Trinajstić information content (AvgIpc) is 2.94. The van der Waals surface area contributed by atoms with Crippen LogP contribution in [0, 0.1) is 6.92 Å². The molecule has 3 heterocycles. The van der Waals surface area contributed by atoms with Gasteiger partial charge in [-0.3, -0.25) is 4.79 Å². The van der Waals surface area contributed by atoms with Gasteiger partial charge in [0.15, 0.2) is 16.7 Å². The Morgan fingerprint density at radius 2 is 2.37 bits per heavy atom. The zero-order valence-electron chi connectivity index (χ0n) is 10.4. The molecule has 0 saturated carbocycles. The molecule has 2 aromatic heterocycles. The van der Waals surface area contributed by atoms with Crippen molar-refractivity contribution in [1.82, 2.24) is 9.55 Å². The Hall–Kier alpha value is -1.75. The first kappa shape index (κ1) is 12.3. The molecule has 3 rings (SSSR count). The van der Waals surface area contributed by atoms with Crippen molar-refractivity contribution in [1.29, 1.82) is 0 Å². The largest absolute Gasteiger partial charge is 0.481 e. The van der Waals surface area contributed by atoms with Crippen LogP contribution in [0.4, 0.5) is 0 Å². The van der Waals surface area contributed by atoms with E-state index in [2.05, 4.69) is 4.98 Å². The summed E-state index contributed by atoms with van der Waals surface area (Å²) in [5.74, 6) is 0.577. The third-order valence-corrected chi connectivity index (χ3v) is 3.70. The van der Waals surface area contributed by atoms with E-state index in [1.165, 1.54) is 0 Å². The van der Waals surface area contributed by atoms with E-state index < -0.39 is 11.9 Å². The van der Waals surface area contributed by atoms with Crippen molar-refractivity contribution in [2.75, 3.05) is 0 Å². The summed E-state index contributed by atoms with van der Waals surface area (Å²) in [6.07, 6.45) is 1.39. The number of furan rings is 1. The Balaban J connectivity index is 2.15. The minimum absolute atomic E-state index is 0.260. The van der Waals surface area contributed by atoms with E-state index in [4.69, 9.17) is 16.0 Å². The number of carbonyl (C=O) groups is 1. The smallest absolute Gasteiger partial charge is 0.312 e. The number of imidazole rings is 1. The van der Waals surface area contributed by atoms with E-state index in [0.29, 0.717) is 30.2 Å². The van der Waals surface area contributed by atoms with Gasteiger partial charge in [0.05, 0.1) is 5.69 Å². The highest BCUT2D eigenvalue weighted by Crippen LogP contribution is 2.37. The van der Waals surface area contributed by atoms with Crippen molar-refractivity contribution in [3.8, 4) is 11.6 Å². The molecule has 1 N–H and O–H groups in total. The van der Waals surface area contributed by atoms with Crippen molar-refractivity contribution < 1.29 is 14.3 Å². The minimum Gasteiger partial charge on any atom is -0.481 e. The van der Waals surface area contributed by atoms with Crippen LogP contribution < -0.4 is 0 Å². The van der Waals surface area contributed by atoms with Crippen LogP contribution in [0.25, 0.3) is 11.6 Å². The highest BCUT2D eigenvalue weighted by atomic mass is 35.5. The molecule has 0 saturated heterocycles. The number of carboxylic acid groups (broad SMARTS) is 1. The quantitative estimate of drug-likeness (QED) is 0.918. The van der Waals surface area contributed by atoms with Gasteiger partial charge < -0.3 is 14.1 Å². The van der Waals surface area contributed by atoms with E-state index >= 15 is 0 Å². The maximum absolute atomic E-state index is 11.3. The molecule has 0 aliphatic carbocycles. The zero-order valence-corrected chi connectivity index (χ0v) is 11.1. The number of hydrogen-bond donors (Lipinski definition) is 1. The summed E-state index contributed by atoms with van der Waals surface area (Å²) in [5, 5.41) is 9.53. The van der Waals surface area contributed by atoms with Gasteiger partial charge in [0.1, 0.15) is 11.7 Å².